The number of primary amides is 1. The van der Waals surface area contributed by atoms with Crippen molar-refractivity contribution in [2.75, 3.05) is 18.8 Å². The lowest BCUT2D eigenvalue weighted by atomic mass is 10.2. The number of fused-ring (bicyclic) bond motifs is 1. The Balaban J connectivity index is 2.61. The van der Waals surface area contributed by atoms with E-state index in [2.05, 4.69) is 9.10 Å². The highest BCUT2D eigenvalue weighted by Crippen LogP contribution is 2.30. The van der Waals surface area contributed by atoms with Crippen molar-refractivity contribution in [2.45, 2.75) is 0 Å². The molecule has 0 radical (unpaired) electrons. The molecule has 1 aromatic carbocycles. The number of nitrogens with zero attached hydrogens (tertiary/aromatic N) is 2. The number of amides is 1. The van der Waals surface area contributed by atoms with Crippen LogP contribution in [-0.4, -0.2) is 37.1 Å². The van der Waals surface area contributed by atoms with Crippen LogP contribution in [0.5, 0.6) is 0 Å². The van der Waals surface area contributed by atoms with Crippen LogP contribution in [0.15, 0.2) is 18.2 Å². The fraction of sp³-hybridized carbons (Fsp3) is 0.200. The van der Waals surface area contributed by atoms with Gasteiger partial charge in [-0.15, -0.1) is 0 Å². The molecule has 7 nitrogen and oxygen atoms in total. The number of aromatic nitrogens is 1. The number of carbonyl (C=O) groups excluding carboxylic acids is 1. The van der Waals surface area contributed by atoms with Gasteiger partial charge in [0.05, 0.1) is 10.4 Å². The molecule has 19 heavy (non-hydrogen) atoms. The second-order valence-corrected chi connectivity index (χ2v) is 6.65. The molecule has 3 N–H and O–H groups in total. The number of nitrogens with two attached hydrogens (primary N) is 1. The number of carbonyl (C=O) groups is 1. The van der Waals surface area contributed by atoms with Crippen LogP contribution in [-0.2, 0) is 10.2 Å². The summed E-state index contributed by atoms with van der Waals surface area (Å²) in [6.45, 7) is 0. The first-order valence-corrected chi connectivity index (χ1v) is 7.43. The van der Waals surface area contributed by atoms with Crippen LogP contribution in [0.4, 0.5) is 5.69 Å². The molecule has 1 amide bonds. The minimum Gasteiger partial charge on any atom is -0.364 e. The zero-order chi connectivity index (χ0) is 14.2. The maximum Gasteiger partial charge on any atom is 0.301 e. The SMILES string of the molecule is CN(C)S(=O)(=O)Nc1cccc2snc(C(N)=O)c12. The summed E-state index contributed by atoms with van der Waals surface area (Å²) in [4.78, 5) is 11.3. The van der Waals surface area contributed by atoms with E-state index in [1.165, 1.54) is 14.1 Å². The van der Waals surface area contributed by atoms with Gasteiger partial charge in [-0.2, -0.15) is 17.1 Å². The minimum absolute atomic E-state index is 0.0667. The molecular weight excluding hydrogens is 288 g/mol. The smallest absolute Gasteiger partial charge is 0.301 e. The summed E-state index contributed by atoms with van der Waals surface area (Å²) >= 11 is 1.09. The predicted octanol–water partition coefficient (Wildman–Crippen LogP) is 0.614. The largest absolute Gasteiger partial charge is 0.364 e. The monoisotopic (exact) mass is 300 g/mol. The first kappa shape index (κ1) is 13.7. The van der Waals surface area contributed by atoms with Crippen molar-refractivity contribution >= 4 is 43.4 Å². The van der Waals surface area contributed by atoms with E-state index in [1.807, 2.05) is 0 Å². The van der Waals surface area contributed by atoms with Crippen LogP contribution in [0.25, 0.3) is 10.1 Å². The van der Waals surface area contributed by atoms with Gasteiger partial charge in [-0.1, -0.05) is 6.07 Å². The van der Waals surface area contributed by atoms with Crippen molar-refractivity contribution in [1.29, 1.82) is 0 Å². The summed E-state index contributed by atoms with van der Waals surface area (Å²) in [6, 6.07) is 4.98. The van der Waals surface area contributed by atoms with Gasteiger partial charge in [0.15, 0.2) is 5.69 Å². The standard InChI is InChI=1S/C10H12N4O3S2/c1-14(2)19(16,17)13-6-4-3-5-7-8(6)9(10(11)15)12-18-7/h3-5,13H,1-2H3,(H2,11,15). The highest BCUT2D eigenvalue weighted by atomic mass is 32.2. The van der Waals surface area contributed by atoms with E-state index in [9.17, 15) is 13.2 Å². The highest BCUT2D eigenvalue weighted by Gasteiger charge is 2.19. The Kier molecular flexibility index (Phi) is 3.43. The van der Waals surface area contributed by atoms with E-state index in [-0.39, 0.29) is 11.4 Å². The Hall–Kier alpha value is -1.71. The summed E-state index contributed by atoms with van der Waals surface area (Å²) in [5, 5.41) is 0.422. The number of anilines is 1. The summed E-state index contributed by atoms with van der Waals surface area (Å²) < 4.78 is 31.7. The molecule has 0 aliphatic rings. The molecule has 2 rings (SSSR count). The van der Waals surface area contributed by atoms with Crippen molar-refractivity contribution in [3.05, 3.63) is 23.9 Å². The van der Waals surface area contributed by atoms with Crippen LogP contribution in [0.2, 0.25) is 0 Å². The second kappa shape index (κ2) is 4.76. The Morgan fingerprint density at radius 2 is 2.11 bits per heavy atom. The average molecular weight is 300 g/mol. The minimum atomic E-state index is -3.65. The van der Waals surface area contributed by atoms with Gasteiger partial charge in [0.1, 0.15) is 0 Å². The van der Waals surface area contributed by atoms with Crippen LogP contribution >= 0.6 is 11.5 Å². The number of nitrogens with one attached hydrogen (secondary N) is 1. The summed E-state index contributed by atoms with van der Waals surface area (Å²) in [5.41, 5.74) is 5.59. The van der Waals surface area contributed by atoms with Crippen LogP contribution < -0.4 is 10.5 Å². The fourth-order valence-corrected chi connectivity index (χ4v) is 2.91. The van der Waals surface area contributed by atoms with Gasteiger partial charge >= 0.3 is 10.2 Å². The predicted molar refractivity (Wildman–Crippen MR) is 74.4 cm³/mol. The lowest BCUT2D eigenvalue weighted by molar-refractivity contribution is 0.0998. The molecule has 1 heterocycles. The van der Waals surface area contributed by atoms with E-state index in [0.717, 1.165) is 15.8 Å². The molecule has 0 saturated carbocycles. The maximum atomic E-state index is 11.8. The normalized spacial score (nSPS) is 11.9. The van der Waals surface area contributed by atoms with Crippen molar-refractivity contribution in [2.24, 2.45) is 5.73 Å². The Bertz CT molecular complexity index is 736. The molecule has 9 heteroatoms. The molecular formula is C10H12N4O3S2. The van der Waals surface area contributed by atoms with E-state index < -0.39 is 16.1 Å². The third-order valence-electron chi connectivity index (χ3n) is 2.45. The second-order valence-electron chi connectivity index (χ2n) is 3.96. The van der Waals surface area contributed by atoms with Crippen molar-refractivity contribution in [3.63, 3.8) is 0 Å². The average Bonchev–Trinajstić information content (AvgIpc) is 2.73. The molecule has 0 aliphatic carbocycles. The quantitative estimate of drug-likeness (QED) is 0.863. The molecule has 0 spiro atoms. The third-order valence-corrected chi connectivity index (χ3v) is 4.70. The molecule has 2 aromatic rings. The zero-order valence-corrected chi connectivity index (χ0v) is 11.9. The van der Waals surface area contributed by atoms with Crippen LogP contribution in [0.3, 0.4) is 0 Å². The van der Waals surface area contributed by atoms with Gasteiger partial charge in [0, 0.05) is 19.5 Å². The maximum absolute atomic E-state index is 11.8. The van der Waals surface area contributed by atoms with Crippen molar-refractivity contribution in [3.8, 4) is 0 Å². The Labute approximate surface area is 114 Å². The molecule has 0 fully saturated rings. The summed E-state index contributed by atoms with van der Waals surface area (Å²) in [5.74, 6) is -0.692. The van der Waals surface area contributed by atoms with Gasteiger partial charge in [0.2, 0.25) is 0 Å². The number of hydrogen-bond donors (Lipinski definition) is 2. The highest BCUT2D eigenvalue weighted by molar-refractivity contribution is 7.90. The van der Waals surface area contributed by atoms with Gasteiger partial charge in [-0.25, -0.2) is 0 Å². The Morgan fingerprint density at radius 1 is 1.42 bits per heavy atom. The topological polar surface area (TPSA) is 105 Å². The molecule has 1 aromatic heterocycles. The molecule has 0 bridgehead atoms. The summed E-state index contributed by atoms with van der Waals surface area (Å²) in [6.07, 6.45) is 0. The first-order valence-electron chi connectivity index (χ1n) is 5.21. The fourth-order valence-electron chi connectivity index (χ4n) is 1.48. The van der Waals surface area contributed by atoms with Gasteiger partial charge < -0.3 is 5.73 Å². The van der Waals surface area contributed by atoms with Crippen molar-refractivity contribution < 1.29 is 13.2 Å². The first-order chi connectivity index (χ1) is 8.83. The van der Waals surface area contributed by atoms with Gasteiger partial charge in [-0.3, -0.25) is 9.52 Å². The van der Waals surface area contributed by atoms with Gasteiger partial charge in [-0.05, 0) is 23.7 Å². The van der Waals surface area contributed by atoms with Crippen LogP contribution in [0.1, 0.15) is 10.5 Å². The summed E-state index contributed by atoms with van der Waals surface area (Å²) in [7, 11) is -0.843. The third kappa shape index (κ3) is 2.53. The number of rotatable bonds is 4. The number of hydrogen-bond acceptors (Lipinski definition) is 5. The number of benzene rings is 1. The molecule has 0 aliphatic heterocycles. The molecule has 102 valence electrons. The van der Waals surface area contributed by atoms with Crippen molar-refractivity contribution in [1.82, 2.24) is 8.68 Å². The lowest BCUT2D eigenvalue weighted by Crippen LogP contribution is -2.29. The molecule has 0 unspecified atom stereocenters. The van der Waals surface area contributed by atoms with E-state index in [4.69, 9.17) is 5.73 Å². The van der Waals surface area contributed by atoms with E-state index in [0.29, 0.717) is 10.1 Å². The van der Waals surface area contributed by atoms with E-state index >= 15 is 0 Å². The zero-order valence-electron chi connectivity index (χ0n) is 10.2. The van der Waals surface area contributed by atoms with E-state index in [1.54, 1.807) is 18.2 Å². The van der Waals surface area contributed by atoms with Gasteiger partial charge in [0.25, 0.3) is 5.91 Å². The van der Waals surface area contributed by atoms with Crippen LogP contribution in [0, 0.1) is 0 Å². The molecule has 0 atom stereocenters. The lowest BCUT2D eigenvalue weighted by Gasteiger charge is -2.14. The molecule has 0 saturated heterocycles. The Morgan fingerprint density at radius 3 is 2.68 bits per heavy atom.